The highest BCUT2D eigenvalue weighted by Crippen LogP contribution is 2.31. The first-order valence-electron chi connectivity index (χ1n) is 13.2. The van der Waals surface area contributed by atoms with Crippen LogP contribution in [0.1, 0.15) is 37.0 Å². The van der Waals surface area contributed by atoms with Crippen molar-refractivity contribution in [1.82, 2.24) is 10.2 Å². The summed E-state index contributed by atoms with van der Waals surface area (Å²) in [5.41, 5.74) is 2.65. The Bertz CT molecular complexity index is 1280. The summed E-state index contributed by atoms with van der Waals surface area (Å²) in [6.07, 6.45) is 1.09. The lowest BCUT2D eigenvalue weighted by Crippen LogP contribution is -2.51. The van der Waals surface area contributed by atoms with Crippen molar-refractivity contribution in [2.45, 2.75) is 45.7 Å². The molecule has 0 saturated carbocycles. The minimum Gasteiger partial charge on any atom is -0.486 e. The number of nitrogens with zero attached hydrogens (tertiary/aromatic N) is 1. The van der Waals surface area contributed by atoms with Gasteiger partial charge in [-0.15, -0.1) is 0 Å². The lowest BCUT2D eigenvalue weighted by Gasteiger charge is -2.32. The van der Waals surface area contributed by atoms with Crippen LogP contribution in [0.15, 0.2) is 66.7 Å². The third-order valence-corrected chi connectivity index (χ3v) is 7.13. The summed E-state index contributed by atoms with van der Waals surface area (Å²) in [4.78, 5) is 29.1. The van der Waals surface area contributed by atoms with E-state index in [1.54, 1.807) is 23.1 Å². The topological polar surface area (TPSA) is 67.9 Å². The maximum atomic E-state index is 13.9. The van der Waals surface area contributed by atoms with E-state index in [0.717, 1.165) is 16.7 Å². The van der Waals surface area contributed by atoms with Gasteiger partial charge in [0.2, 0.25) is 11.8 Å². The maximum Gasteiger partial charge on any atom is 0.243 e. The van der Waals surface area contributed by atoms with Gasteiger partial charge in [0.05, 0.1) is 0 Å². The molecule has 39 heavy (non-hydrogen) atoms. The van der Waals surface area contributed by atoms with Crippen molar-refractivity contribution in [2.24, 2.45) is 5.92 Å². The van der Waals surface area contributed by atoms with Gasteiger partial charge in [-0.2, -0.15) is 0 Å². The summed E-state index contributed by atoms with van der Waals surface area (Å²) in [6, 6.07) is 19.9. The monoisotopic (exact) mass is 568 g/mol. The molecule has 1 aliphatic heterocycles. The predicted octanol–water partition coefficient (Wildman–Crippen LogP) is 6.11. The predicted molar refractivity (Wildman–Crippen MR) is 155 cm³/mol. The quantitative estimate of drug-likeness (QED) is 0.303. The molecular formula is C31H34Cl2N2O4. The molecule has 1 N–H and O–H groups in total. The Morgan fingerprint density at radius 1 is 0.923 bits per heavy atom. The van der Waals surface area contributed by atoms with Crippen LogP contribution in [0.25, 0.3) is 0 Å². The fourth-order valence-corrected chi connectivity index (χ4v) is 4.92. The van der Waals surface area contributed by atoms with E-state index in [1.165, 1.54) is 0 Å². The Morgan fingerprint density at radius 2 is 1.67 bits per heavy atom. The fraction of sp³-hybridized carbons (Fsp3) is 0.355. The number of rotatable bonds is 11. The minimum atomic E-state index is -0.717. The summed E-state index contributed by atoms with van der Waals surface area (Å²) >= 11 is 12.6. The number of benzene rings is 3. The number of carbonyl (C=O) groups is 2. The van der Waals surface area contributed by atoms with E-state index in [-0.39, 0.29) is 30.7 Å². The van der Waals surface area contributed by atoms with Crippen molar-refractivity contribution in [3.8, 4) is 11.5 Å². The summed E-state index contributed by atoms with van der Waals surface area (Å²) in [5, 5.41) is 4.00. The minimum absolute atomic E-state index is 0.142. The van der Waals surface area contributed by atoms with E-state index < -0.39 is 6.04 Å². The number of aryl methyl sites for hydroxylation is 1. The van der Waals surface area contributed by atoms with Crippen LogP contribution >= 0.6 is 23.2 Å². The van der Waals surface area contributed by atoms with Crippen molar-refractivity contribution in [2.75, 3.05) is 19.8 Å². The van der Waals surface area contributed by atoms with Crippen LogP contribution in [0.4, 0.5) is 0 Å². The molecule has 3 aromatic rings. The number of ether oxygens (including phenoxy) is 2. The van der Waals surface area contributed by atoms with Crippen LogP contribution in [0, 0.1) is 5.92 Å². The molecule has 1 heterocycles. The van der Waals surface area contributed by atoms with Crippen molar-refractivity contribution < 1.29 is 19.1 Å². The molecule has 0 fully saturated rings. The smallest absolute Gasteiger partial charge is 0.243 e. The zero-order valence-corrected chi connectivity index (χ0v) is 23.8. The van der Waals surface area contributed by atoms with Gasteiger partial charge in [-0.25, -0.2) is 0 Å². The van der Waals surface area contributed by atoms with Crippen molar-refractivity contribution in [3.63, 3.8) is 0 Å². The number of amides is 2. The molecule has 3 aromatic carbocycles. The zero-order chi connectivity index (χ0) is 27.8. The summed E-state index contributed by atoms with van der Waals surface area (Å²) in [5.74, 6) is 1.34. The Labute approximate surface area is 240 Å². The molecule has 0 saturated heterocycles. The molecule has 0 spiro atoms. The molecule has 4 rings (SSSR count). The Balaban J connectivity index is 1.61. The number of nitrogens with one attached hydrogen (secondary N) is 1. The second-order valence-corrected chi connectivity index (χ2v) is 10.9. The van der Waals surface area contributed by atoms with Gasteiger partial charge in [-0.3, -0.25) is 9.59 Å². The van der Waals surface area contributed by atoms with Crippen molar-refractivity contribution in [1.29, 1.82) is 0 Å². The molecule has 0 bridgehead atoms. The maximum absolute atomic E-state index is 13.9. The molecule has 0 aliphatic carbocycles. The highest BCUT2D eigenvalue weighted by atomic mass is 35.5. The number of fused-ring (bicyclic) bond motifs is 1. The highest BCUT2D eigenvalue weighted by molar-refractivity contribution is 6.35. The Hall–Kier alpha value is -3.22. The molecular weight excluding hydrogens is 535 g/mol. The first-order valence-corrected chi connectivity index (χ1v) is 14.0. The molecule has 0 radical (unpaired) electrons. The van der Waals surface area contributed by atoms with E-state index in [4.69, 9.17) is 32.7 Å². The van der Waals surface area contributed by atoms with Crippen LogP contribution in [0.2, 0.25) is 10.0 Å². The lowest BCUT2D eigenvalue weighted by atomic mass is 10.0. The molecule has 1 atom stereocenters. The molecule has 8 heteroatoms. The van der Waals surface area contributed by atoms with Crippen LogP contribution < -0.4 is 14.8 Å². The first kappa shape index (κ1) is 28.8. The first-order chi connectivity index (χ1) is 18.8. The van der Waals surface area contributed by atoms with Gasteiger partial charge in [-0.1, -0.05) is 79.5 Å². The summed E-state index contributed by atoms with van der Waals surface area (Å²) < 4.78 is 11.3. The second kappa shape index (κ2) is 13.7. The Kier molecular flexibility index (Phi) is 10.1. The van der Waals surface area contributed by atoms with Gasteiger partial charge in [0.25, 0.3) is 0 Å². The van der Waals surface area contributed by atoms with Crippen LogP contribution in [0.5, 0.6) is 11.5 Å². The average Bonchev–Trinajstić information content (AvgIpc) is 2.93. The van der Waals surface area contributed by atoms with Gasteiger partial charge >= 0.3 is 0 Å². The second-order valence-electron chi connectivity index (χ2n) is 10.1. The summed E-state index contributed by atoms with van der Waals surface area (Å²) in [7, 11) is 0. The van der Waals surface area contributed by atoms with Crippen LogP contribution in [0.3, 0.4) is 0 Å². The SMILES string of the molecule is CC(C)CNC(=O)[C@@H](Cc1ccccc1)N(Cc1ccc(Cl)cc1Cl)C(=O)CCc1ccc2c(c1)OCCO2. The third kappa shape index (κ3) is 8.13. The zero-order valence-electron chi connectivity index (χ0n) is 22.3. The Morgan fingerprint density at radius 3 is 2.38 bits per heavy atom. The molecule has 2 amide bonds. The van der Waals surface area contributed by atoms with Crippen molar-refractivity contribution >= 4 is 35.0 Å². The average molecular weight is 570 g/mol. The van der Waals surface area contributed by atoms with Crippen LogP contribution in [-0.4, -0.2) is 42.5 Å². The van der Waals surface area contributed by atoms with E-state index in [1.807, 2.05) is 62.4 Å². The number of halogens is 2. The number of hydrogen-bond donors (Lipinski definition) is 1. The molecule has 0 unspecified atom stereocenters. The van der Waals surface area contributed by atoms with Gasteiger partial charge in [0.15, 0.2) is 11.5 Å². The van der Waals surface area contributed by atoms with Gasteiger partial charge < -0.3 is 19.7 Å². The molecule has 1 aliphatic rings. The highest BCUT2D eigenvalue weighted by Gasteiger charge is 2.31. The fourth-order valence-electron chi connectivity index (χ4n) is 4.45. The molecule has 206 valence electrons. The standard InChI is InChI=1S/C31H34Cl2N2O4/c1-21(2)19-34-31(37)27(16-22-6-4-3-5-7-22)35(20-24-10-11-25(32)18-26(24)33)30(36)13-9-23-8-12-28-29(17-23)39-15-14-38-28/h3-8,10-12,17-18,21,27H,9,13-16,19-20H2,1-2H3,(H,34,37)/t27-/m1/s1. The van der Waals surface area contributed by atoms with E-state index >= 15 is 0 Å². The van der Waals surface area contributed by atoms with E-state index in [0.29, 0.717) is 54.1 Å². The number of hydrogen-bond acceptors (Lipinski definition) is 4. The number of carbonyl (C=O) groups excluding carboxylic acids is 2. The van der Waals surface area contributed by atoms with Gasteiger partial charge in [0, 0.05) is 36.0 Å². The van der Waals surface area contributed by atoms with Gasteiger partial charge in [0.1, 0.15) is 19.3 Å². The van der Waals surface area contributed by atoms with Crippen LogP contribution in [-0.2, 0) is 29.0 Å². The van der Waals surface area contributed by atoms with Crippen molar-refractivity contribution in [3.05, 3.63) is 93.5 Å². The summed E-state index contributed by atoms with van der Waals surface area (Å²) in [6.45, 7) is 5.80. The van der Waals surface area contributed by atoms with Gasteiger partial charge in [-0.05, 0) is 53.3 Å². The van der Waals surface area contributed by atoms with E-state index in [9.17, 15) is 9.59 Å². The molecule has 6 nitrogen and oxygen atoms in total. The molecule has 0 aromatic heterocycles. The normalized spacial score (nSPS) is 13.2. The third-order valence-electron chi connectivity index (χ3n) is 6.55. The lowest BCUT2D eigenvalue weighted by molar-refractivity contribution is -0.141. The largest absolute Gasteiger partial charge is 0.486 e. The van der Waals surface area contributed by atoms with E-state index in [2.05, 4.69) is 5.32 Å².